The molecule has 1 unspecified atom stereocenters. The number of benzene rings is 3. The predicted molar refractivity (Wildman–Crippen MR) is 226 cm³/mol. The summed E-state index contributed by atoms with van der Waals surface area (Å²) in [6, 6.07) is 27.6. The molecular formula is C48H59ClN4O3. The van der Waals surface area contributed by atoms with Gasteiger partial charge >= 0.3 is 5.97 Å². The van der Waals surface area contributed by atoms with E-state index in [1.807, 2.05) is 30.5 Å². The minimum Gasteiger partial charge on any atom is -0.493 e. The van der Waals surface area contributed by atoms with Crippen molar-refractivity contribution in [2.45, 2.75) is 101 Å². The number of halogens is 1. The standard InChI is InChI=1S/C48H59ClN4O3/c1-34(33-56-44-16-22-50-43-13-6-8-35(2)45(43)44)28-39-30-38-15-14-37(32-53-26-24-52(25-27-53)23-17-36-9-4-3-5-10-36)29-42(38)47(39)18-20-48(21-19-47,46(54)55)51-41-12-7-11-40(49)31-41/h3-5,7,9-12,14-16,22,29,31,34-35,39,51H,6,8,13,17-21,23-28,30,32-33H2,1-2H3,(H,54,55)/t34-,35-,39?,47?,48?/m1/s1. The average molecular weight is 775 g/mol. The van der Waals surface area contributed by atoms with E-state index in [9.17, 15) is 9.90 Å². The molecule has 1 saturated carbocycles. The number of aryl methyl sites for hydroxylation is 1. The molecule has 0 amide bonds. The summed E-state index contributed by atoms with van der Waals surface area (Å²) in [6.07, 6.45) is 11.3. The van der Waals surface area contributed by atoms with E-state index in [1.54, 1.807) is 0 Å². The molecule has 296 valence electrons. The number of piperazine rings is 1. The molecule has 4 aromatic rings. The number of fused-ring (bicyclic) bond motifs is 3. The van der Waals surface area contributed by atoms with Crippen molar-refractivity contribution in [3.8, 4) is 5.75 Å². The van der Waals surface area contributed by atoms with Crippen molar-refractivity contribution >= 4 is 23.3 Å². The largest absolute Gasteiger partial charge is 0.493 e. The highest BCUT2D eigenvalue weighted by Crippen LogP contribution is 2.56. The summed E-state index contributed by atoms with van der Waals surface area (Å²) < 4.78 is 6.64. The molecule has 3 aliphatic carbocycles. The fourth-order valence-corrected chi connectivity index (χ4v) is 10.8. The fourth-order valence-electron chi connectivity index (χ4n) is 10.6. The van der Waals surface area contributed by atoms with E-state index in [0.29, 0.717) is 42.2 Å². The van der Waals surface area contributed by atoms with Gasteiger partial charge in [0.15, 0.2) is 0 Å². The van der Waals surface area contributed by atoms with Crippen molar-refractivity contribution in [1.82, 2.24) is 14.8 Å². The smallest absolute Gasteiger partial charge is 0.329 e. The van der Waals surface area contributed by atoms with E-state index >= 15 is 0 Å². The zero-order valence-electron chi connectivity index (χ0n) is 33.3. The highest BCUT2D eigenvalue weighted by atomic mass is 35.5. The van der Waals surface area contributed by atoms with Crippen molar-refractivity contribution in [3.05, 3.63) is 124 Å². The summed E-state index contributed by atoms with van der Waals surface area (Å²) in [4.78, 5) is 23.0. The van der Waals surface area contributed by atoms with Crippen LogP contribution in [0.4, 0.5) is 5.69 Å². The number of hydrogen-bond donors (Lipinski definition) is 2. The molecular weight excluding hydrogens is 716 g/mol. The molecule has 2 heterocycles. The first-order valence-corrected chi connectivity index (χ1v) is 21.6. The number of pyridine rings is 1. The summed E-state index contributed by atoms with van der Waals surface area (Å²) in [6.45, 7) is 11.7. The van der Waals surface area contributed by atoms with Gasteiger partial charge in [-0.1, -0.05) is 80.0 Å². The summed E-state index contributed by atoms with van der Waals surface area (Å²) in [5.74, 6) is 1.47. The Morgan fingerprint density at radius 2 is 1.75 bits per heavy atom. The molecule has 1 saturated heterocycles. The van der Waals surface area contributed by atoms with Crippen molar-refractivity contribution in [3.63, 3.8) is 0 Å². The molecule has 4 aliphatic rings. The zero-order valence-corrected chi connectivity index (χ0v) is 34.1. The number of carbonyl (C=O) groups is 1. The van der Waals surface area contributed by atoms with Crippen LogP contribution in [-0.4, -0.2) is 70.7 Å². The van der Waals surface area contributed by atoms with Gasteiger partial charge in [0.05, 0.1) is 6.61 Å². The van der Waals surface area contributed by atoms with Crippen molar-refractivity contribution in [2.24, 2.45) is 11.8 Å². The van der Waals surface area contributed by atoms with Crippen LogP contribution in [-0.2, 0) is 36.0 Å². The minimum absolute atomic E-state index is 0.0744. The van der Waals surface area contributed by atoms with Crippen LogP contribution in [0.1, 0.15) is 98.2 Å². The van der Waals surface area contributed by atoms with Gasteiger partial charge in [-0.25, -0.2) is 4.79 Å². The highest BCUT2D eigenvalue weighted by Gasteiger charge is 2.54. The maximum absolute atomic E-state index is 13.1. The molecule has 3 atom stereocenters. The van der Waals surface area contributed by atoms with E-state index in [-0.39, 0.29) is 5.41 Å². The average Bonchev–Trinajstić information content (AvgIpc) is 3.49. The first kappa shape index (κ1) is 38.9. The van der Waals surface area contributed by atoms with Gasteiger partial charge in [-0.2, -0.15) is 0 Å². The third-order valence-electron chi connectivity index (χ3n) is 13.8. The van der Waals surface area contributed by atoms with Crippen LogP contribution in [0.2, 0.25) is 5.02 Å². The van der Waals surface area contributed by atoms with Crippen LogP contribution >= 0.6 is 11.6 Å². The van der Waals surface area contributed by atoms with Crippen molar-refractivity contribution in [1.29, 1.82) is 0 Å². The molecule has 2 N–H and O–H groups in total. The second-order valence-electron chi connectivity index (χ2n) is 17.5. The third kappa shape index (κ3) is 8.37. The van der Waals surface area contributed by atoms with Crippen LogP contribution < -0.4 is 10.1 Å². The first-order chi connectivity index (χ1) is 27.2. The van der Waals surface area contributed by atoms with Gasteiger partial charge in [-0.15, -0.1) is 0 Å². The van der Waals surface area contributed by atoms with E-state index < -0.39 is 11.5 Å². The van der Waals surface area contributed by atoms with Gasteiger partial charge in [0.2, 0.25) is 0 Å². The summed E-state index contributed by atoms with van der Waals surface area (Å²) in [7, 11) is 0. The molecule has 1 aromatic heterocycles. The van der Waals surface area contributed by atoms with E-state index in [4.69, 9.17) is 21.3 Å². The van der Waals surface area contributed by atoms with Crippen LogP contribution in [0.15, 0.2) is 85.1 Å². The predicted octanol–water partition coefficient (Wildman–Crippen LogP) is 9.56. The quantitative estimate of drug-likeness (QED) is 0.140. The lowest BCUT2D eigenvalue weighted by Gasteiger charge is -2.47. The molecule has 8 heteroatoms. The van der Waals surface area contributed by atoms with E-state index in [1.165, 1.54) is 46.4 Å². The molecule has 0 bridgehead atoms. The normalized spacial score (nSPS) is 25.7. The number of hydrogen-bond acceptors (Lipinski definition) is 6. The number of ether oxygens (including phenoxy) is 1. The van der Waals surface area contributed by atoms with Gasteiger partial charge in [0, 0.05) is 67.4 Å². The number of aromatic nitrogens is 1. The Labute approximate surface area is 338 Å². The number of aliphatic carboxylic acids is 1. The monoisotopic (exact) mass is 774 g/mol. The lowest BCUT2D eigenvalue weighted by Crippen LogP contribution is -2.53. The molecule has 1 spiro atoms. The number of nitrogens with one attached hydrogen (secondary N) is 1. The Balaban J connectivity index is 0.985. The summed E-state index contributed by atoms with van der Waals surface area (Å²) in [5, 5.41) is 14.8. The number of anilines is 1. The Morgan fingerprint density at radius 3 is 2.52 bits per heavy atom. The van der Waals surface area contributed by atoms with Crippen LogP contribution in [0, 0.1) is 11.8 Å². The van der Waals surface area contributed by atoms with Gasteiger partial charge in [-0.3, -0.25) is 9.88 Å². The lowest BCUT2D eigenvalue weighted by molar-refractivity contribution is -0.144. The lowest BCUT2D eigenvalue weighted by atomic mass is 9.59. The minimum atomic E-state index is -1.03. The van der Waals surface area contributed by atoms with Gasteiger partial charge < -0.3 is 20.1 Å². The van der Waals surface area contributed by atoms with Gasteiger partial charge in [-0.05, 0) is 134 Å². The molecule has 0 radical (unpaired) electrons. The topological polar surface area (TPSA) is 77.9 Å². The molecule has 56 heavy (non-hydrogen) atoms. The maximum Gasteiger partial charge on any atom is 0.329 e. The Bertz CT molecular complexity index is 1970. The summed E-state index contributed by atoms with van der Waals surface area (Å²) in [5.41, 5.74) is 7.86. The number of carboxylic acid groups (broad SMARTS) is 1. The van der Waals surface area contributed by atoms with Crippen LogP contribution in [0.5, 0.6) is 5.75 Å². The van der Waals surface area contributed by atoms with Crippen LogP contribution in [0.3, 0.4) is 0 Å². The Kier molecular flexibility index (Phi) is 11.8. The molecule has 1 aliphatic heterocycles. The molecule has 7 nitrogen and oxygen atoms in total. The van der Waals surface area contributed by atoms with E-state index in [2.05, 4.69) is 83.6 Å². The number of nitrogens with zero attached hydrogens (tertiary/aromatic N) is 3. The number of carboxylic acids is 1. The fraction of sp³-hybridized carbons (Fsp3) is 0.500. The molecule has 2 fully saturated rings. The SMILES string of the molecule is C[C@@H](COc1ccnc2c1[C@H](C)CCC2)CC1Cc2ccc(CN3CCN(CCc4ccccc4)CC3)cc2C12CCC(Nc1cccc(Cl)c1)(C(=O)O)CC2. The van der Waals surface area contributed by atoms with Crippen LogP contribution in [0.25, 0.3) is 0 Å². The second-order valence-corrected chi connectivity index (χ2v) is 18.0. The Hall–Kier alpha value is -3.91. The first-order valence-electron chi connectivity index (χ1n) is 21.2. The highest BCUT2D eigenvalue weighted by molar-refractivity contribution is 6.30. The second kappa shape index (κ2) is 16.9. The van der Waals surface area contributed by atoms with Gasteiger partial charge in [0.25, 0.3) is 0 Å². The zero-order chi connectivity index (χ0) is 38.7. The third-order valence-corrected chi connectivity index (χ3v) is 14.0. The van der Waals surface area contributed by atoms with Crippen molar-refractivity contribution in [2.75, 3.05) is 44.6 Å². The maximum atomic E-state index is 13.1. The van der Waals surface area contributed by atoms with Crippen molar-refractivity contribution < 1.29 is 14.6 Å². The van der Waals surface area contributed by atoms with Gasteiger partial charge in [0.1, 0.15) is 11.3 Å². The van der Waals surface area contributed by atoms with E-state index in [0.717, 1.165) is 89.2 Å². The molecule has 8 rings (SSSR count). The number of rotatable bonds is 13. The Morgan fingerprint density at radius 1 is 0.964 bits per heavy atom. The molecule has 3 aromatic carbocycles. The summed E-state index contributed by atoms with van der Waals surface area (Å²) >= 11 is 6.34.